The second kappa shape index (κ2) is 5.24. The highest BCUT2D eigenvalue weighted by Crippen LogP contribution is 2.27. The number of allylic oxidation sites excluding steroid dienone is 1. The number of phenolic OH excluding ortho intramolecular Hbond substituents is 1. The highest BCUT2D eigenvalue weighted by Gasteiger charge is 2.17. The quantitative estimate of drug-likeness (QED) is 0.441. The normalized spacial score (nSPS) is 10.9. The van der Waals surface area contributed by atoms with E-state index >= 15 is 0 Å². The average Bonchev–Trinajstić information content (AvgIpc) is 2.94. The van der Waals surface area contributed by atoms with Crippen LogP contribution in [0.5, 0.6) is 5.75 Å². The number of aromatic hydroxyl groups is 1. The second-order valence-corrected chi connectivity index (χ2v) is 5.49. The molecule has 23 heavy (non-hydrogen) atoms. The summed E-state index contributed by atoms with van der Waals surface area (Å²) in [5.41, 5.74) is 9.46. The van der Waals surface area contributed by atoms with Crippen LogP contribution in [0.2, 0.25) is 0 Å². The molecule has 0 radical (unpaired) electrons. The molecule has 0 aliphatic carbocycles. The number of ketones is 1. The summed E-state index contributed by atoms with van der Waals surface area (Å²) in [6.45, 7) is 7.19. The lowest BCUT2D eigenvalue weighted by atomic mass is 10.0. The van der Waals surface area contributed by atoms with Gasteiger partial charge in [0, 0.05) is 5.56 Å². The molecule has 6 heteroatoms. The van der Waals surface area contributed by atoms with Crippen molar-refractivity contribution in [2.24, 2.45) is 0 Å². The van der Waals surface area contributed by atoms with Gasteiger partial charge in [0.2, 0.25) is 0 Å². The third-order valence-electron chi connectivity index (χ3n) is 3.57. The Bertz CT molecular complexity index is 957. The lowest BCUT2D eigenvalue weighted by molar-refractivity contribution is 0.103. The number of phenols is 1. The molecule has 1 aromatic heterocycles. The molecule has 3 aromatic rings. The number of nitrogens with zero attached hydrogens (tertiary/aromatic N) is 3. The van der Waals surface area contributed by atoms with Gasteiger partial charge in [-0.05, 0) is 49.2 Å². The molecule has 2 aromatic carbocycles. The van der Waals surface area contributed by atoms with Gasteiger partial charge in [-0.1, -0.05) is 12.6 Å². The van der Waals surface area contributed by atoms with Crippen molar-refractivity contribution < 1.29 is 9.90 Å². The maximum atomic E-state index is 12.1. The van der Waals surface area contributed by atoms with E-state index in [9.17, 15) is 9.90 Å². The molecule has 0 bridgehead atoms. The molecule has 0 aliphatic heterocycles. The van der Waals surface area contributed by atoms with Crippen molar-refractivity contribution in [3.8, 4) is 11.4 Å². The molecule has 6 nitrogen and oxygen atoms in total. The highest BCUT2D eigenvalue weighted by molar-refractivity contribution is 6.14. The van der Waals surface area contributed by atoms with Crippen molar-refractivity contribution in [2.75, 3.05) is 5.73 Å². The lowest BCUT2D eigenvalue weighted by Gasteiger charge is -2.04. The Labute approximate surface area is 132 Å². The van der Waals surface area contributed by atoms with E-state index in [1.54, 1.807) is 37.3 Å². The van der Waals surface area contributed by atoms with E-state index in [0.717, 1.165) is 5.56 Å². The van der Waals surface area contributed by atoms with E-state index in [2.05, 4.69) is 16.8 Å². The number of carbonyl (C=O) groups excluding carboxylic acids is 1. The number of nitrogens with two attached hydrogens (primary N) is 1. The Morgan fingerprint density at radius 2 is 2.00 bits per heavy atom. The first-order chi connectivity index (χ1) is 10.9. The Balaban J connectivity index is 2.20. The van der Waals surface area contributed by atoms with Crippen LogP contribution in [0.25, 0.3) is 16.7 Å². The third kappa shape index (κ3) is 2.44. The number of aryl methyl sites for hydroxylation is 1. The first kappa shape index (κ1) is 14.8. The molecule has 0 amide bonds. The number of fused-ring (bicyclic) bond motifs is 1. The van der Waals surface area contributed by atoms with Crippen LogP contribution in [0.4, 0.5) is 5.69 Å². The van der Waals surface area contributed by atoms with E-state index < -0.39 is 0 Å². The smallest absolute Gasteiger partial charge is 0.190 e. The van der Waals surface area contributed by atoms with Crippen molar-refractivity contribution >= 4 is 22.5 Å². The summed E-state index contributed by atoms with van der Waals surface area (Å²) in [5.74, 6) is -0.162. The van der Waals surface area contributed by atoms with Gasteiger partial charge in [-0.3, -0.25) is 4.79 Å². The van der Waals surface area contributed by atoms with Gasteiger partial charge < -0.3 is 10.8 Å². The maximum absolute atomic E-state index is 12.1. The number of rotatable bonds is 3. The van der Waals surface area contributed by atoms with Crippen LogP contribution in [-0.2, 0) is 0 Å². The molecular formula is C17H16N4O2. The Morgan fingerprint density at radius 1 is 1.26 bits per heavy atom. The zero-order valence-electron chi connectivity index (χ0n) is 12.9. The summed E-state index contributed by atoms with van der Waals surface area (Å²) in [6.07, 6.45) is 0. The summed E-state index contributed by atoms with van der Waals surface area (Å²) in [6, 6.07) is 8.44. The molecule has 1 heterocycles. The van der Waals surface area contributed by atoms with Gasteiger partial charge >= 0.3 is 0 Å². The monoisotopic (exact) mass is 308 g/mol. The molecule has 0 saturated heterocycles. The van der Waals surface area contributed by atoms with E-state index in [1.807, 2.05) is 6.92 Å². The summed E-state index contributed by atoms with van der Waals surface area (Å²) >= 11 is 0. The van der Waals surface area contributed by atoms with E-state index in [4.69, 9.17) is 5.73 Å². The van der Waals surface area contributed by atoms with Crippen LogP contribution in [-0.4, -0.2) is 25.9 Å². The predicted molar refractivity (Wildman–Crippen MR) is 88.8 cm³/mol. The van der Waals surface area contributed by atoms with E-state index in [1.165, 1.54) is 4.80 Å². The Hall–Kier alpha value is -3.15. The molecule has 0 aliphatic rings. The van der Waals surface area contributed by atoms with Crippen LogP contribution in [0, 0.1) is 6.92 Å². The zero-order chi connectivity index (χ0) is 16.7. The van der Waals surface area contributed by atoms with Gasteiger partial charge in [0.25, 0.3) is 0 Å². The number of hydrogen-bond acceptors (Lipinski definition) is 5. The minimum atomic E-state index is -0.225. The van der Waals surface area contributed by atoms with Crippen molar-refractivity contribution in [3.63, 3.8) is 0 Å². The molecule has 3 N–H and O–H groups in total. The summed E-state index contributed by atoms with van der Waals surface area (Å²) in [7, 11) is 0. The SMILES string of the molecule is C=C(C)C(=O)c1ccc2nn(-c3cc(C)ccc3O)nc2c1N. The van der Waals surface area contributed by atoms with Gasteiger partial charge in [-0.15, -0.1) is 15.0 Å². The molecule has 116 valence electrons. The predicted octanol–water partition coefficient (Wildman–Crippen LogP) is 2.78. The summed E-state index contributed by atoms with van der Waals surface area (Å²) in [4.78, 5) is 13.4. The molecule has 0 fully saturated rings. The number of nitrogen functional groups attached to an aromatic ring is 1. The van der Waals surface area contributed by atoms with Crippen molar-refractivity contribution in [2.45, 2.75) is 13.8 Å². The van der Waals surface area contributed by atoms with Gasteiger partial charge in [0.1, 0.15) is 22.5 Å². The van der Waals surface area contributed by atoms with Crippen molar-refractivity contribution in [1.82, 2.24) is 15.0 Å². The minimum Gasteiger partial charge on any atom is -0.506 e. The van der Waals surface area contributed by atoms with Crippen LogP contribution >= 0.6 is 0 Å². The van der Waals surface area contributed by atoms with Gasteiger partial charge in [-0.25, -0.2) is 0 Å². The molecule has 3 rings (SSSR count). The van der Waals surface area contributed by atoms with Gasteiger partial charge in [-0.2, -0.15) is 0 Å². The van der Waals surface area contributed by atoms with E-state index in [-0.39, 0.29) is 17.2 Å². The highest BCUT2D eigenvalue weighted by atomic mass is 16.3. The molecule has 0 unspecified atom stereocenters. The summed E-state index contributed by atoms with van der Waals surface area (Å²) < 4.78 is 0. The minimum absolute atomic E-state index is 0.0627. The van der Waals surface area contributed by atoms with Gasteiger partial charge in [0.15, 0.2) is 5.78 Å². The van der Waals surface area contributed by atoms with E-state index in [0.29, 0.717) is 27.9 Å². The van der Waals surface area contributed by atoms with Crippen LogP contribution in [0.15, 0.2) is 42.5 Å². The fraction of sp³-hybridized carbons (Fsp3) is 0.118. The average molecular weight is 308 g/mol. The second-order valence-electron chi connectivity index (χ2n) is 5.49. The molecule has 0 atom stereocenters. The number of hydrogen-bond donors (Lipinski definition) is 2. The Kier molecular flexibility index (Phi) is 3.37. The first-order valence-corrected chi connectivity index (χ1v) is 7.04. The first-order valence-electron chi connectivity index (χ1n) is 7.04. The van der Waals surface area contributed by atoms with Crippen molar-refractivity contribution in [1.29, 1.82) is 0 Å². The van der Waals surface area contributed by atoms with Crippen molar-refractivity contribution in [3.05, 3.63) is 53.6 Å². The van der Waals surface area contributed by atoms with Crippen LogP contribution in [0.1, 0.15) is 22.8 Å². The largest absolute Gasteiger partial charge is 0.506 e. The molecular weight excluding hydrogens is 292 g/mol. The maximum Gasteiger partial charge on any atom is 0.190 e. The number of carbonyl (C=O) groups is 1. The number of Topliss-reactive ketones (excluding diaryl/α,β-unsaturated/α-hetero) is 1. The number of aromatic nitrogens is 3. The molecule has 0 spiro atoms. The zero-order valence-corrected chi connectivity index (χ0v) is 12.9. The fourth-order valence-corrected chi connectivity index (χ4v) is 2.33. The molecule has 0 saturated carbocycles. The summed E-state index contributed by atoms with van der Waals surface area (Å²) in [5, 5.41) is 18.6. The lowest BCUT2D eigenvalue weighted by Crippen LogP contribution is -2.05. The van der Waals surface area contributed by atoms with Gasteiger partial charge in [0.05, 0.1) is 5.69 Å². The fourth-order valence-electron chi connectivity index (χ4n) is 2.33. The number of benzene rings is 2. The third-order valence-corrected chi connectivity index (χ3v) is 3.57. The standard InChI is InChI=1S/C17H16N4O2/c1-9(2)17(23)11-5-6-12-16(15(11)18)20-21(19-12)13-8-10(3)4-7-14(13)22/h4-8,22H,1,18H2,2-3H3. The van der Waals surface area contributed by atoms with Crippen LogP contribution in [0.3, 0.4) is 0 Å². The topological polar surface area (TPSA) is 94.0 Å². The number of anilines is 1. The Morgan fingerprint density at radius 3 is 2.70 bits per heavy atom. The van der Waals surface area contributed by atoms with Crippen LogP contribution < -0.4 is 5.73 Å².